The molecule has 0 radical (unpaired) electrons. The zero-order chi connectivity index (χ0) is 24.1. The van der Waals surface area contributed by atoms with Crippen molar-refractivity contribution in [3.63, 3.8) is 0 Å². The number of para-hydroxylation sites is 2. The van der Waals surface area contributed by atoms with Crippen molar-refractivity contribution in [1.29, 1.82) is 0 Å². The first-order valence-corrected chi connectivity index (χ1v) is 12.0. The van der Waals surface area contributed by atoms with E-state index in [0.717, 1.165) is 35.9 Å². The number of rotatable bonds is 5. The van der Waals surface area contributed by atoms with Crippen molar-refractivity contribution in [3.05, 3.63) is 65.8 Å². The van der Waals surface area contributed by atoms with Crippen LogP contribution in [0.5, 0.6) is 0 Å². The van der Waals surface area contributed by atoms with Crippen LogP contribution >= 0.6 is 0 Å². The maximum absolute atomic E-state index is 13.0. The lowest BCUT2D eigenvalue weighted by Crippen LogP contribution is -2.35. The van der Waals surface area contributed by atoms with Gasteiger partial charge in [-0.2, -0.15) is 4.98 Å². The zero-order valence-electron chi connectivity index (χ0n) is 20.3. The van der Waals surface area contributed by atoms with Crippen molar-refractivity contribution in [2.75, 3.05) is 7.05 Å². The van der Waals surface area contributed by atoms with Gasteiger partial charge < -0.3 is 13.8 Å². The van der Waals surface area contributed by atoms with Gasteiger partial charge in [0.1, 0.15) is 5.52 Å². The topological polar surface area (TPSA) is 85.3 Å². The molecular formula is C27H32N4O3. The Morgan fingerprint density at radius 3 is 2.41 bits per heavy atom. The molecule has 1 aliphatic rings. The maximum atomic E-state index is 13.0. The molecule has 7 nitrogen and oxygen atoms in total. The third kappa shape index (κ3) is 5.19. The molecule has 0 N–H and O–H groups in total. The quantitative estimate of drug-likeness (QED) is 0.342. The smallest absolute Gasteiger partial charge is 0.253 e. The number of nitrogens with zero attached hydrogens (tertiary/aromatic N) is 4. The van der Waals surface area contributed by atoms with Gasteiger partial charge in [0.25, 0.3) is 5.91 Å². The predicted molar refractivity (Wildman–Crippen MR) is 132 cm³/mol. The van der Waals surface area contributed by atoms with Crippen LogP contribution in [0.2, 0.25) is 0 Å². The summed E-state index contributed by atoms with van der Waals surface area (Å²) < 4.78 is 11.1. The molecule has 4 aromatic rings. The zero-order valence-corrected chi connectivity index (χ0v) is 20.3. The summed E-state index contributed by atoms with van der Waals surface area (Å²) in [5.74, 6) is 2.10. The van der Waals surface area contributed by atoms with Gasteiger partial charge in [-0.15, -0.1) is 0 Å². The number of aryl methyl sites for hydroxylation is 1. The Labute approximate surface area is 200 Å². The Morgan fingerprint density at radius 1 is 1.03 bits per heavy atom. The number of carbonyl (C=O) groups is 1. The van der Waals surface area contributed by atoms with Gasteiger partial charge in [-0.3, -0.25) is 4.79 Å². The lowest BCUT2D eigenvalue weighted by atomic mass is 10.1. The van der Waals surface area contributed by atoms with Gasteiger partial charge in [-0.1, -0.05) is 44.0 Å². The molecule has 2 aromatic heterocycles. The first-order chi connectivity index (χ1) is 16.5. The first-order valence-electron chi connectivity index (χ1n) is 12.0. The van der Waals surface area contributed by atoms with Gasteiger partial charge in [-0.25, -0.2) is 4.98 Å². The van der Waals surface area contributed by atoms with Crippen molar-refractivity contribution in [2.45, 2.75) is 64.8 Å². The highest BCUT2D eigenvalue weighted by molar-refractivity contribution is 5.94. The van der Waals surface area contributed by atoms with Crippen LogP contribution in [0.4, 0.5) is 0 Å². The molecule has 2 unspecified atom stereocenters. The molecule has 0 bridgehead atoms. The molecule has 1 saturated carbocycles. The molecule has 0 aliphatic heterocycles. The van der Waals surface area contributed by atoms with E-state index in [0.29, 0.717) is 23.2 Å². The van der Waals surface area contributed by atoms with E-state index in [9.17, 15) is 4.79 Å². The van der Waals surface area contributed by atoms with Gasteiger partial charge in [-0.05, 0) is 62.6 Å². The second-order valence-electron chi connectivity index (χ2n) is 8.82. The monoisotopic (exact) mass is 460 g/mol. The third-order valence-corrected chi connectivity index (χ3v) is 6.34. The predicted octanol–water partition coefficient (Wildman–Crippen LogP) is 6.40. The van der Waals surface area contributed by atoms with Crippen LogP contribution in [0.25, 0.3) is 22.6 Å². The minimum atomic E-state index is 0.00600. The Kier molecular flexibility index (Phi) is 7.40. The van der Waals surface area contributed by atoms with Crippen LogP contribution in [-0.4, -0.2) is 39.0 Å². The van der Waals surface area contributed by atoms with E-state index >= 15 is 0 Å². The van der Waals surface area contributed by atoms with Crippen molar-refractivity contribution >= 4 is 17.0 Å². The van der Waals surface area contributed by atoms with Gasteiger partial charge in [0.2, 0.25) is 11.8 Å². The molecule has 0 spiro atoms. The van der Waals surface area contributed by atoms with Crippen molar-refractivity contribution in [1.82, 2.24) is 20.0 Å². The van der Waals surface area contributed by atoms with Gasteiger partial charge >= 0.3 is 0 Å². The molecule has 2 heterocycles. The van der Waals surface area contributed by atoms with Crippen molar-refractivity contribution in [2.24, 2.45) is 0 Å². The SMILES string of the molecule is CCCC.Cc1noc(C2CCC(N(C)C(=O)c3ccc(-c4nc5ccccc5o4)cc3)C2)n1. The fourth-order valence-corrected chi connectivity index (χ4v) is 4.13. The summed E-state index contributed by atoms with van der Waals surface area (Å²) in [6, 6.07) is 15.2. The van der Waals surface area contributed by atoms with Crippen LogP contribution in [0, 0.1) is 6.92 Å². The van der Waals surface area contributed by atoms with Crippen LogP contribution in [0.3, 0.4) is 0 Å². The molecule has 7 heteroatoms. The van der Waals surface area contributed by atoms with Crippen LogP contribution in [0.15, 0.2) is 57.5 Å². The minimum Gasteiger partial charge on any atom is -0.436 e. The molecule has 0 saturated heterocycles. The second kappa shape index (κ2) is 10.6. The third-order valence-electron chi connectivity index (χ3n) is 6.34. The van der Waals surface area contributed by atoms with Crippen LogP contribution in [-0.2, 0) is 0 Å². The van der Waals surface area contributed by atoms with Gasteiger partial charge in [0.05, 0.1) is 0 Å². The molecule has 2 atom stereocenters. The normalized spacial score (nSPS) is 17.4. The molecule has 5 rings (SSSR count). The number of oxazole rings is 1. The molecule has 178 valence electrons. The standard InChI is InChI=1S/C23H22N4O3.C4H10/c1-14-24-22(30-26-14)17-11-12-18(13-17)27(2)23(28)16-9-7-15(8-10-16)21-25-19-5-3-4-6-20(19)29-21;1-3-4-2/h3-10,17-18H,11-13H2,1-2H3;3-4H2,1-2H3. The number of unbranched alkanes of at least 4 members (excludes halogenated alkanes) is 1. The van der Waals surface area contributed by atoms with E-state index in [1.807, 2.05) is 67.4 Å². The summed E-state index contributed by atoms with van der Waals surface area (Å²) >= 11 is 0. The molecule has 34 heavy (non-hydrogen) atoms. The highest BCUT2D eigenvalue weighted by atomic mass is 16.5. The maximum Gasteiger partial charge on any atom is 0.253 e. The van der Waals surface area contributed by atoms with Gasteiger partial charge in [0.15, 0.2) is 11.4 Å². The van der Waals surface area contributed by atoms with Crippen molar-refractivity contribution in [3.8, 4) is 11.5 Å². The van der Waals surface area contributed by atoms with Gasteiger partial charge in [0, 0.05) is 30.1 Å². The number of fused-ring (bicyclic) bond motifs is 1. The second-order valence-corrected chi connectivity index (χ2v) is 8.82. The first kappa shape index (κ1) is 23.7. The fraction of sp³-hybridized carbons (Fsp3) is 0.407. The fourth-order valence-electron chi connectivity index (χ4n) is 4.13. The number of amides is 1. The summed E-state index contributed by atoms with van der Waals surface area (Å²) in [4.78, 5) is 23.7. The highest BCUT2D eigenvalue weighted by Gasteiger charge is 2.33. The van der Waals surface area contributed by atoms with Crippen molar-refractivity contribution < 1.29 is 13.7 Å². The molecule has 1 fully saturated rings. The number of carbonyl (C=O) groups excluding carboxylic acids is 1. The lowest BCUT2D eigenvalue weighted by Gasteiger charge is -2.24. The molecule has 1 aliphatic carbocycles. The summed E-state index contributed by atoms with van der Waals surface area (Å²) in [5, 5.41) is 3.88. The molecule has 2 aromatic carbocycles. The summed E-state index contributed by atoms with van der Waals surface area (Å²) in [7, 11) is 1.86. The summed E-state index contributed by atoms with van der Waals surface area (Å²) in [6.45, 7) is 6.18. The number of hydrogen-bond donors (Lipinski definition) is 0. The molecule has 1 amide bonds. The van der Waals surface area contributed by atoms with Crippen LogP contribution in [0.1, 0.15) is 73.9 Å². The van der Waals surface area contributed by atoms with E-state index < -0.39 is 0 Å². The van der Waals surface area contributed by atoms with E-state index in [4.69, 9.17) is 8.94 Å². The van der Waals surface area contributed by atoms with E-state index in [1.165, 1.54) is 12.8 Å². The Bertz CT molecular complexity index is 1190. The van der Waals surface area contributed by atoms with Crippen LogP contribution < -0.4 is 0 Å². The number of benzene rings is 2. The summed E-state index contributed by atoms with van der Waals surface area (Å²) in [6.07, 6.45) is 5.35. The number of aromatic nitrogens is 3. The largest absolute Gasteiger partial charge is 0.436 e. The lowest BCUT2D eigenvalue weighted by molar-refractivity contribution is 0.0733. The Balaban J connectivity index is 0.000000636. The van der Waals surface area contributed by atoms with E-state index in [-0.39, 0.29) is 17.9 Å². The molecular weight excluding hydrogens is 428 g/mol. The number of hydrogen-bond acceptors (Lipinski definition) is 6. The summed E-state index contributed by atoms with van der Waals surface area (Å²) in [5.41, 5.74) is 3.06. The highest BCUT2D eigenvalue weighted by Crippen LogP contribution is 2.36. The van der Waals surface area contributed by atoms with E-state index in [2.05, 4.69) is 29.0 Å². The minimum absolute atomic E-state index is 0.00600. The van der Waals surface area contributed by atoms with E-state index in [1.54, 1.807) is 0 Å². The Hall–Kier alpha value is -3.48. The Morgan fingerprint density at radius 2 is 1.76 bits per heavy atom. The average molecular weight is 461 g/mol. The average Bonchev–Trinajstić information content (AvgIpc) is 3.62.